The van der Waals surface area contributed by atoms with Gasteiger partial charge in [-0.1, -0.05) is 30.3 Å². The van der Waals surface area contributed by atoms with Crippen LogP contribution in [0.5, 0.6) is 5.75 Å². The third kappa shape index (κ3) is 4.99. The van der Waals surface area contributed by atoms with Crippen LogP contribution in [-0.4, -0.2) is 47.1 Å². The number of aliphatic carboxylic acids is 1. The van der Waals surface area contributed by atoms with E-state index in [1.165, 1.54) is 16.7 Å². The lowest BCUT2D eigenvalue weighted by Crippen LogP contribution is -2.46. The average molecular weight is 468 g/mol. The number of ether oxygens (including phenoxy) is 2. The SMILES string of the molecule is Cc1ccc(CC(C)(C)NC[C@@H](O)CO[C@H](C)c2ccc(C)c3c2[C@@H]2[C@H](O3)[C@H]2C(=O)O)cc1C. The number of β-amino-alcohol motifs (C(OH)–C–C–N with tert-alkyl or cyclic N) is 1. The minimum atomic E-state index is -0.813. The summed E-state index contributed by atoms with van der Waals surface area (Å²) in [6, 6.07) is 10.5. The maximum Gasteiger partial charge on any atom is 0.311 e. The van der Waals surface area contributed by atoms with Crippen molar-refractivity contribution in [2.75, 3.05) is 13.2 Å². The summed E-state index contributed by atoms with van der Waals surface area (Å²) in [7, 11) is 0. The largest absolute Gasteiger partial charge is 0.488 e. The predicted molar refractivity (Wildman–Crippen MR) is 132 cm³/mol. The number of nitrogens with one attached hydrogen (secondary N) is 1. The summed E-state index contributed by atoms with van der Waals surface area (Å²) in [6.07, 6.45) is -0.337. The molecule has 0 unspecified atom stereocenters. The van der Waals surface area contributed by atoms with Gasteiger partial charge in [0.1, 0.15) is 17.8 Å². The van der Waals surface area contributed by atoms with Crippen LogP contribution in [0.15, 0.2) is 30.3 Å². The number of carboxylic acid groups (broad SMARTS) is 1. The number of fused-ring (bicyclic) bond motifs is 3. The van der Waals surface area contributed by atoms with E-state index in [9.17, 15) is 15.0 Å². The molecule has 0 bridgehead atoms. The van der Waals surface area contributed by atoms with Crippen molar-refractivity contribution in [3.8, 4) is 5.75 Å². The quantitative estimate of drug-likeness (QED) is 0.485. The minimum Gasteiger partial charge on any atom is -0.488 e. The Labute approximate surface area is 202 Å². The van der Waals surface area contributed by atoms with Gasteiger partial charge in [0.25, 0.3) is 0 Å². The predicted octanol–water partition coefficient (Wildman–Crippen LogP) is 4.22. The average Bonchev–Trinajstić information content (AvgIpc) is 3.35. The van der Waals surface area contributed by atoms with Gasteiger partial charge < -0.3 is 25.0 Å². The van der Waals surface area contributed by atoms with Gasteiger partial charge in [-0.15, -0.1) is 0 Å². The molecule has 0 radical (unpaired) electrons. The van der Waals surface area contributed by atoms with E-state index < -0.39 is 18.0 Å². The van der Waals surface area contributed by atoms with Crippen molar-refractivity contribution in [1.82, 2.24) is 5.32 Å². The number of hydrogen-bond donors (Lipinski definition) is 3. The molecule has 6 nitrogen and oxygen atoms in total. The molecular formula is C28H37NO5. The second-order valence-corrected chi connectivity index (χ2v) is 10.7. The molecule has 2 aromatic rings. The zero-order valence-electron chi connectivity index (χ0n) is 21.0. The Morgan fingerprint density at radius 2 is 1.85 bits per heavy atom. The summed E-state index contributed by atoms with van der Waals surface area (Å²) >= 11 is 0. The molecule has 0 spiro atoms. The number of aliphatic hydroxyl groups excluding tert-OH is 1. The number of aliphatic hydroxyl groups is 1. The monoisotopic (exact) mass is 467 g/mol. The molecule has 184 valence electrons. The molecule has 1 aliphatic heterocycles. The van der Waals surface area contributed by atoms with E-state index in [0.717, 1.165) is 28.9 Å². The van der Waals surface area contributed by atoms with Crippen LogP contribution >= 0.6 is 0 Å². The van der Waals surface area contributed by atoms with E-state index in [0.29, 0.717) is 6.54 Å². The molecule has 4 rings (SSSR count). The third-order valence-electron chi connectivity index (χ3n) is 7.26. The summed E-state index contributed by atoms with van der Waals surface area (Å²) in [4.78, 5) is 11.5. The van der Waals surface area contributed by atoms with Crippen LogP contribution in [0.3, 0.4) is 0 Å². The summed E-state index contributed by atoms with van der Waals surface area (Å²) < 4.78 is 12.0. The minimum absolute atomic E-state index is 0.105. The topological polar surface area (TPSA) is 88.0 Å². The van der Waals surface area contributed by atoms with Gasteiger partial charge in [0.15, 0.2) is 0 Å². The highest BCUT2D eigenvalue weighted by Crippen LogP contribution is 2.61. The van der Waals surface area contributed by atoms with Gasteiger partial charge in [0.05, 0.1) is 18.8 Å². The van der Waals surface area contributed by atoms with Crippen LogP contribution in [0.1, 0.15) is 66.2 Å². The molecule has 1 saturated carbocycles. The van der Waals surface area contributed by atoms with Gasteiger partial charge in [0.2, 0.25) is 0 Å². The number of aryl methyl sites for hydroxylation is 3. The highest BCUT2D eigenvalue weighted by atomic mass is 16.5. The van der Waals surface area contributed by atoms with Crippen molar-refractivity contribution < 1.29 is 24.5 Å². The fourth-order valence-electron chi connectivity index (χ4n) is 5.07. The van der Waals surface area contributed by atoms with Crippen LogP contribution in [0.4, 0.5) is 0 Å². The smallest absolute Gasteiger partial charge is 0.311 e. The van der Waals surface area contributed by atoms with E-state index in [2.05, 4.69) is 51.2 Å². The molecular weight excluding hydrogens is 430 g/mol. The van der Waals surface area contributed by atoms with Crippen LogP contribution in [0.25, 0.3) is 0 Å². The van der Waals surface area contributed by atoms with E-state index in [1.807, 2.05) is 26.0 Å². The fraction of sp³-hybridized carbons (Fsp3) is 0.536. The molecule has 0 saturated heterocycles. The Kier molecular flexibility index (Phi) is 6.78. The normalized spacial score (nSPS) is 22.5. The lowest BCUT2D eigenvalue weighted by Gasteiger charge is -2.29. The lowest BCUT2D eigenvalue weighted by molar-refractivity contribution is -0.139. The summed E-state index contributed by atoms with van der Waals surface area (Å²) in [5.74, 6) is -0.594. The molecule has 1 heterocycles. The number of carbonyl (C=O) groups is 1. The molecule has 1 fully saturated rings. The lowest BCUT2D eigenvalue weighted by atomic mass is 9.93. The number of benzene rings is 2. The first-order valence-electron chi connectivity index (χ1n) is 12.1. The van der Waals surface area contributed by atoms with E-state index in [-0.39, 0.29) is 30.3 Å². The first-order valence-corrected chi connectivity index (χ1v) is 12.1. The van der Waals surface area contributed by atoms with Crippen molar-refractivity contribution in [3.63, 3.8) is 0 Å². The molecule has 2 aliphatic rings. The van der Waals surface area contributed by atoms with E-state index in [1.54, 1.807) is 0 Å². The van der Waals surface area contributed by atoms with Crippen LogP contribution in [0, 0.1) is 26.7 Å². The summed E-state index contributed by atoms with van der Waals surface area (Å²) in [6.45, 7) is 13.1. The highest BCUT2D eigenvalue weighted by Gasteiger charge is 2.64. The Balaban J connectivity index is 1.32. The molecule has 2 aromatic carbocycles. The summed E-state index contributed by atoms with van der Waals surface area (Å²) in [5.41, 5.74) is 6.61. The molecule has 6 heteroatoms. The molecule has 1 aliphatic carbocycles. The van der Waals surface area contributed by atoms with Gasteiger partial charge in [-0.3, -0.25) is 4.79 Å². The second-order valence-electron chi connectivity index (χ2n) is 10.7. The van der Waals surface area contributed by atoms with Crippen molar-refractivity contribution in [2.24, 2.45) is 5.92 Å². The first kappa shape index (κ1) is 24.7. The van der Waals surface area contributed by atoms with Crippen LogP contribution < -0.4 is 10.1 Å². The summed E-state index contributed by atoms with van der Waals surface area (Å²) in [5, 5.41) is 23.5. The van der Waals surface area contributed by atoms with Gasteiger partial charge in [-0.2, -0.15) is 0 Å². The second kappa shape index (κ2) is 9.33. The maximum atomic E-state index is 11.5. The van der Waals surface area contributed by atoms with Crippen molar-refractivity contribution >= 4 is 5.97 Å². The van der Waals surface area contributed by atoms with Crippen LogP contribution in [-0.2, 0) is 16.0 Å². The molecule has 5 atom stereocenters. The Hall–Kier alpha value is -2.41. The van der Waals surface area contributed by atoms with E-state index in [4.69, 9.17) is 9.47 Å². The standard InChI is InChI=1S/C28H37NO5/c1-15-7-9-19(11-17(15)3)12-28(5,6)29-13-20(30)14-33-18(4)21-10-8-16(2)25-22(21)23-24(27(31)32)26(23)34-25/h7-11,18,20,23-24,26,29-30H,12-14H2,1-6H3,(H,31,32)/t18-,20-,23+,24+,26+/m1/s1. The zero-order chi connectivity index (χ0) is 24.8. The van der Waals surface area contributed by atoms with E-state index >= 15 is 0 Å². The van der Waals surface area contributed by atoms with Gasteiger partial charge in [0, 0.05) is 23.6 Å². The highest BCUT2D eigenvalue weighted by molar-refractivity contribution is 5.79. The zero-order valence-corrected chi connectivity index (χ0v) is 21.0. The Morgan fingerprint density at radius 3 is 2.53 bits per heavy atom. The fourth-order valence-corrected chi connectivity index (χ4v) is 5.07. The molecule has 0 aromatic heterocycles. The first-order chi connectivity index (χ1) is 16.0. The Morgan fingerprint density at radius 1 is 1.15 bits per heavy atom. The maximum absolute atomic E-state index is 11.5. The molecule has 3 N–H and O–H groups in total. The number of rotatable bonds is 10. The van der Waals surface area contributed by atoms with Crippen LogP contribution in [0.2, 0.25) is 0 Å². The Bertz CT molecular complexity index is 1080. The van der Waals surface area contributed by atoms with Crippen molar-refractivity contribution in [1.29, 1.82) is 0 Å². The number of carboxylic acids is 1. The molecule has 0 amide bonds. The van der Waals surface area contributed by atoms with Gasteiger partial charge in [-0.05, 0) is 75.8 Å². The number of hydrogen-bond acceptors (Lipinski definition) is 5. The van der Waals surface area contributed by atoms with Gasteiger partial charge >= 0.3 is 5.97 Å². The molecule has 34 heavy (non-hydrogen) atoms. The van der Waals surface area contributed by atoms with Gasteiger partial charge in [-0.25, -0.2) is 0 Å². The third-order valence-corrected chi connectivity index (χ3v) is 7.26. The van der Waals surface area contributed by atoms with Crippen molar-refractivity contribution in [2.45, 2.75) is 77.7 Å². The van der Waals surface area contributed by atoms with Crippen molar-refractivity contribution in [3.05, 3.63) is 63.7 Å².